The largest absolute Gasteiger partial charge is 0.293 e. The molecule has 1 unspecified atom stereocenters. The van der Waals surface area contributed by atoms with Crippen molar-refractivity contribution in [2.45, 2.75) is 33.9 Å². The maximum absolute atomic E-state index is 14.4. The Balaban J connectivity index is 2.15. The van der Waals surface area contributed by atoms with Crippen molar-refractivity contribution in [3.05, 3.63) is 36.5 Å². The van der Waals surface area contributed by atoms with Crippen LogP contribution in [0.25, 0.3) is 0 Å². The maximum Gasteiger partial charge on any atom is 0.293 e. The molecule has 1 aliphatic rings. The van der Waals surface area contributed by atoms with Crippen LogP contribution in [0, 0.1) is 5.92 Å². The zero-order valence-corrected chi connectivity index (χ0v) is 12.4. The van der Waals surface area contributed by atoms with Crippen molar-refractivity contribution in [2.75, 3.05) is 0 Å². The molecule has 1 atom stereocenters. The van der Waals surface area contributed by atoms with Crippen LogP contribution in [0.15, 0.2) is 41.6 Å². The summed E-state index contributed by atoms with van der Waals surface area (Å²) in [5, 5.41) is 0.388. The van der Waals surface area contributed by atoms with E-state index in [0.717, 1.165) is 0 Å². The van der Waals surface area contributed by atoms with Gasteiger partial charge >= 0.3 is 0 Å². The summed E-state index contributed by atoms with van der Waals surface area (Å²) in [6.45, 7) is 0. The SMILES string of the molecule is FC(F)(C1CC=CCC1)C(Cl)(Cl)Sc1ccccn1. The molecule has 6 heteroatoms. The molecule has 104 valence electrons. The average molecular weight is 324 g/mol. The van der Waals surface area contributed by atoms with Crippen LogP contribution in [-0.4, -0.2) is 14.6 Å². The number of hydrogen-bond donors (Lipinski definition) is 0. The Hall–Kier alpha value is -0.320. The summed E-state index contributed by atoms with van der Waals surface area (Å²) in [7, 11) is 0. The van der Waals surface area contributed by atoms with E-state index in [-0.39, 0.29) is 0 Å². The number of pyridine rings is 1. The van der Waals surface area contributed by atoms with Crippen molar-refractivity contribution < 1.29 is 8.78 Å². The zero-order chi connectivity index (χ0) is 13.9. The van der Waals surface area contributed by atoms with E-state index < -0.39 is 15.5 Å². The summed E-state index contributed by atoms with van der Waals surface area (Å²) in [5.74, 6) is -4.01. The second-order valence-corrected chi connectivity index (χ2v) is 7.40. The molecule has 0 bridgehead atoms. The Morgan fingerprint density at radius 2 is 2.05 bits per heavy atom. The topological polar surface area (TPSA) is 12.9 Å². The molecule has 0 aromatic carbocycles. The molecule has 1 nitrogen and oxygen atoms in total. The van der Waals surface area contributed by atoms with E-state index in [9.17, 15) is 8.78 Å². The van der Waals surface area contributed by atoms with E-state index in [1.165, 1.54) is 6.20 Å². The molecule has 1 aromatic heterocycles. The third-order valence-electron chi connectivity index (χ3n) is 3.04. The van der Waals surface area contributed by atoms with Crippen LogP contribution < -0.4 is 0 Å². The van der Waals surface area contributed by atoms with E-state index in [4.69, 9.17) is 23.2 Å². The van der Waals surface area contributed by atoms with E-state index in [1.54, 1.807) is 24.3 Å². The molecule has 0 saturated heterocycles. The molecule has 1 aromatic rings. The summed E-state index contributed by atoms with van der Waals surface area (Å²) in [6, 6.07) is 5.03. The first-order valence-electron chi connectivity index (χ1n) is 5.94. The second-order valence-electron chi connectivity index (χ2n) is 4.39. The summed E-state index contributed by atoms with van der Waals surface area (Å²) >= 11 is 12.5. The standard InChI is InChI=1S/C13H13Cl2F2NS/c14-13(15,19-11-8-4-5-9-18-11)12(16,17)10-6-2-1-3-7-10/h1-2,4-5,8-10H,3,6-7H2. The van der Waals surface area contributed by atoms with Gasteiger partial charge in [-0.15, -0.1) is 0 Å². The van der Waals surface area contributed by atoms with Crippen molar-refractivity contribution in [3.63, 3.8) is 0 Å². The van der Waals surface area contributed by atoms with Gasteiger partial charge in [-0.25, -0.2) is 13.8 Å². The Kier molecular flexibility index (Phi) is 4.75. The minimum atomic E-state index is -3.18. The summed E-state index contributed by atoms with van der Waals surface area (Å²) < 4.78 is 26.6. The monoisotopic (exact) mass is 323 g/mol. The van der Waals surface area contributed by atoms with Gasteiger partial charge in [0.15, 0.2) is 0 Å². The van der Waals surface area contributed by atoms with Crippen molar-refractivity contribution in [2.24, 2.45) is 5.92 Å². The number of aromatic nitrogens is 1. The number of alkyl halides is 4. The van der Waals surface area contributed by atoms with Crippen LogP contribution in [-0.2, 0) is 0 Å². The second kappa shape index (κ2) is 5.98. The van der Waals surface area contributed by atoms with Crippen molar-refractivity contribution >= 4 is 35.0 Å². The molecule has 0 N–H and O–H groups in total. The van der Waals surface area contributed by atoms with E-state index in [0.29, 0.717) is 36.1 Å². The highest BCUT2D eigenvalue weighted by Crippen LogP contribution is 2.55. The van der Waals surface area contributed by atoms with Crippen LogP contribution >= 0.6 is 35.0 Å². The highest BCUT2D eigenvalue weighted by atomic mass is 35.5. The molecule has 1 aliphatic carbocycles. The van der Waals surface area contributed by atoms with E-state index in [2.05, 4.69) is 4.98 Å². The number of nitrogens with zero attached hydrogens (tertiary/aromatic N) is 1. The van der Waals surface area contributed by atoms with Crippen molar-refractivity contribution in [1.82, 2.24) is 4.98 Å². The Morgan fingerprint density at radius 1 is 1.26 bits per heavy atom. The van der Waals surface area contributed by atoms with Crippen LogP contribution in [0.1, 0.15) is 19.3 Å². The lowest BCUT2D eigenvalue weighted by Gasteiger charge is -2.35. The van der Waals surface area contributed by atoms with Gasteiger partial charge in [0.05, 0.1) is 5.03 Å². The predicted octanol–water partition coefficient (Wildman–Crippen LogP) is 5.30. The Morgan fingerprint density at radius 3 is 2.63 bits per heavy atom. The summed E-state index contributed by atoms with van der Waals surface area (Å²) in [5.41, 5.74) is 0. The fourth-order valence-electron chi connectivity index (χ4n) is 1.97. The average Bonchev–Trinajstić information content (AvgIpc) is 2.40. The van der Waals surface area contributed by atoms with Crippen LogP contribution in [0.2, 0.25) is 0 Å². The third-order valence-corrected chi connectivity index (χ3v) is 4.99. The number of thioether (sulfide) groups is 1. The molecule has 0 radical (unpaired) electrons. The lowest BCUT2D eigenvalue weighted by molar-refractivity contribution is -0.0555. The smallest absolute Gasteiger partial charge is 0.250 e. The lowest BCUT2D eigenvalue weighted by Crippen LogP contribution is -2.43. The molecular formula is C13H13Cl2F2NS. The maximum atomic E-state index is 14.4. The highest BCUT2D eigenvalue weighted by molar-refractivity contribution is 8.03. The van der Waals surface area contributed by atoms with Gasteiger partial charge in [0.2, 0.25) is 3.67 Å². The molecule has 2 rings (SSSR count). The Bertz CT molecular complexity index is 451. The van der Waals surface area contributed by atoms with Gasteiger partial charge in [0.25, 0.3) is 5.92 Å². The van der Waals surface area contributed by atoms with Gasteiger partial charge in [-0.3, -0.25) is 0 Å². The quantitative estimate of drug-likeness (QED) is 0.424. The highest BCUT2D eigenvalue weighted by Gasteiger charge is 2.57. The fourth-order valence-corrected chi connectivity index (χ4v) is 3.58. The van der Waals surface area contributed by atoms with Crippen LogP contribution in [0.3, 0.4) is 0 Å². The predicted molar refractivity (Wildman–Crippen MR) is 76.0 cm³/mol. The molecule has 0 spiro atoms. The normalized spacial score (nSPS) is 20.5. The van der Waals surface area contributed by atoms with Gasteiger partial charge < -0.3 is 0 Å². The lowest BCUT2D eigenvalue weighted by atomic mass is 9.89. The van der Waals surface area contributed by atoms with Crippen LogP contribution in [0.4, 0.5) is 8.78 Å². The van der Waals surface area contributed by atoms with Gasteiger partial charge in [-0.2, -0.15) is 0 Å². The zero-order valence-electron chi connectivity index (χ0n) is 10.0. The van der Waals surface area contributed by atoms with Crippen molar-refractivity contribution in [1.29, 1.82) is 0 Å². The summed E-state index contributed by atoms with van der Waals surface area (Å²) in [6.07, 6.45) is 6.52. The molecule has 0 aliphatic heterocycles. The Labute approximate surface area is 125 Å². The molecular weight excluding hydrogens is 311 g/mol. The number of hydrogen-bond acceptors (Lipinski definition) is 2. The molecule has 19 heavy (non-hydrogen) atoms. The van der Waals surface area contributed by atoms with Gasteiger partial charge in [0.1, 0.15) is 0 Å². The minimum Gasteiger partial charge on any atom is -0.250 e. The minimum absolute atomic E-state index is 0.303. The fraction of sp³-hybridized carbons (Fsp3) is 0.462. The first-order valence-corrected chi connectivity index (χ1v) is 7.51. The van der Waals surface area contributed by atoms with Gasteiger partial charge in [0, 0.05) is 12.1 Å². The van der Waals surface area contributed by atoms with E-state index in [1.807, 2.05) is 6.08 Å². The molecule has 0 saturated carbocycles. The molecule has 0 amide bonds. The molecule has 1 heterocycles. The van der Waals surface area contributed by atoms with Gasteiger partial charge in [-0.05, 0) is 31.4 Å². The third kappa shape index (κ3) is 3.41. The first kappa shape index (κ1) is 15.1. The number of allylic oxidation sites excluding steroid dienone is 2. The van der Waals surface area contributed by atoms with E-state index >= 15 is 0 Å². The molecule has 0 fully saturated rings. The number of rotatable bonds is 4. The van der Waals surface area contributed by atoms with Gasteiger partial charge in [-0.1, -0.05) is 53.2 Å². The van der Waals surface area contributed by atoms with Crippen LogP contribution in [0.5, 0.6) is 0 Å². The summed E-state index contributed by atoms with van der Waals surface area (Å²) in [4.78, 5) is 3.97. The van der Waals surface area contributed by atoms with Crippen molar-refractivity contribution in [3.8, 4) is 0 Å². The first-order chi connectivity index (χ1) is 8.93. The number of halogens is 4.